The van der Waals surface area contributed by atoms with Gasteiger partial charge in [0.1, 0.15) is 0 Å². The molecule has 1 aromatic heterocycles. The highest BCUT2D eigenvalue weighted by molar-refractivity contribution is 7.19. The molecule has 2 aliphatic rings. The molecule has 0 N–H and O–H groups in total. The van der Waals surface area contributed by atoms with E-state index in [1.807, 2.05) is 13.0 Å². The lowest BCUT2D eigenvalue weighted by Gasteiger charge is -2.37. The molecule has 0 unspecified atom stereocenters. The topological polar surface area (TPSA) is 9.23 Å². The summed E-state index contributed by atoms with van der Waals surface area (Å²) in [5.41, 5.74) is 0. The summed E-state index contributed by atoms with van der Waals surface area (Å²) in [6, 6.07) is 5.96. The Hall–Kier alpha value is -1.09. The van der Waals surface area contributed by atoms with Gasteiger partial charge in [-0.2, -0.15) is 0 Å². The first-order chi connectivity index (χ1) is 13.6. The Morgan fingerprint density at radius 2 is 1.68 bits per heavy atom. The minimum atomic E-state index is -0.182. The fourth-order valence-corrected chi connectivity index (χ4v) is 6.65. The van der Waals surface area contributed by atoms with E-state index in [1.165, 1.54) is 62.7 Å². The van der Waals surface area contributed by atoms with Gasteiger partial charge < -0.3 is 4.74 Å². The monoisotopic (exact) mass is 402 g/mol. The Morgan fingerprint density at radius 1 is 1.00 bits per heavy atom. The van der Waals surface area contributed by atoms with Crippen molar-refractivity contribution in [3.05, 3.63) is 28.9 Å². The maximum absolute atomic E-state index is 14.6. The van der Waals surface area contributed by atoms with Crippen molar-refractivity contribution in [3.63, 3.8) is 0 Å². The van der Waals surface area contributed by atoms with Crippen molar-refractivity contribution in [2.24, 2.45) is 23.7 Å². The van der Waals surface area contributed by atoms with E-state index in [0.717, 1.165) is 40.2 Å². The van der Waals surface area contributed by atoms with Gasteiger partial charge in [0.25, 0.3) is 0 Å². The van der Waals surface area contributed by atoms with E-state index in [0.29, 0.717) is 12.4 Å². The molecule has 1 aromatic carbocycles. The molecule has 0 saturated heterocycles. The number of ether oxygens (including phenoxy) is 1. The largest absolute Gasteiger partial charge is 0.491 e. The summed E-state index contributed by atoms with van der Waals surface area (Å²) in [4.78, 5) is 1.32. The fourth-order valence-electron chi connectivity index (χ4n) is 5.55. The number of hydrogen-bond donors (Lipinski definition) is 0. The van der Waals surface area contributed by atoms with Gasteiger partial charge in [0, 0.05) is 4.88 Å². The average molecular weight is 403 g/mol. The highest BCUT2D eigenvalue weighted by Crippen LogP contribution is 2.42. The smallest absolute Gasteiger partial charge is 0.182 e. The van der Waals surface area contributed by atoms with Gasteiger partial charge in [0.2, 0.25) is 0 Å². The summed E-state index contributed by atoms with van der Waals surface area (Å²) in [5, 5.41) is 1.02. The quantitative estimate of drug-likeness (QED) is 0.475. The molecule has 0 atom stereocenters. The highest BCUT2D eigenvalue weighted by Gasteiger charge is 2.29. The summed E-state index contributed by atoms with van der Waals surface area (Å²) in [6.07, 6.45) is 13.9. The maximum Gasteiger partial charge on any atom is 0.182 e. The van der Waals surface area contributed by atoms with E-state index < -0.39 is 0 Å². The lowest BCUT2D eigenvalue weighted by atomic mass is 9.69. The molecule has 2 aromatic rings. The second kappa shape index (κ2) is 9.15. The van der Waals surface area contributed by atoms with Crippen LogP contribution in [0, 0.1) is 29.5 Å². The molecule has 1 nitrogen and oxygen atoms in total. The molecular formula is C25H35FOS. The van der Waals surface area contributed by atoms with Crippen LogP contribution in [0.25, 0.3) is 10.1 Å². The molecule has 154 valence electrons. The summed E-state index contributed by atoms with van der Waals surface area (Å²) in [6.45, 7) is 4.82. The molecule has 4 rings (SSSR count). The van der Waals surface area contributed by atoms with Crippen LogP contribution >= 0.6 is 11.3 Å². The van der Waals surface area contributed by atoms with Gasteiger partial charge in [-0.25, -0.2) is 4.39 Å². The zero-order valence-corrected chi connectivity index (χ0v) is 18.3. The standard InChI is InChI=1S/C25H35FOS/c1-3-27-23-15-13-21-16-22(28-25(21)24(23)26)14-8-18-6-11-20(12-7-18)19-9-4-17(2)5-10-19/h13,15-20H,3-12,14H2,1-2H3. The van der Waals surface area contributed by atoms with Crippen molar-refractivity contribution < 1.29 is 9.13 Å². The predicted octanol–water partition coefficient (Wildman–Crippen LogP) is 8.00. The van der Waals surface area contributed by atoms with Crippen LogP contribution in [0.3, 0.4) is 0 Å². The van der Waals surface area contributed by atoms with Crippen LogP contribution in [0.5, 0.6) is 5.75 Å². The van der Waals surface area contributed by atoms with Crippen LogP contribution < -0.4 is 4.74 Å². The molecule has 2 fully saturated rings. The van der Waals surface area contributed by atoms with Gasteiger partial charge in [-0.3, -0.25) is 0 Å². The number of hydrogen-bond acceptors (Lipinski definition) is 2. The van der Waals surface area contributed by atoms with Crippen LogP contribution in [0.15, 0.2) is 18.2 Å². The van der Waals surface area contributed by atoms with Crippen molar-refractivity contribution in [2.45, 2.75) is 78.1 Å². The van der Waals surface area contributed by atoms with Gasteiger partial charge >= 0.3 is 0 Å². The first-order valence-corrected chi connectivity index (χ1v) is 12.3. The van der Waals surface area contributed by atoms with E-state index in [9.17, 15) is 4.39 Å². The third-order valence-electron chi connectivity index (χ3n) is 7.36. The lowest BCUT2D eigenvalue weighted by Crippen LogP contribution is -2.25. The Labute approximate surface area is 173 Å². The highest BCUT2D eigenvalue weighted by atomic mass is 32.1. The van der Waals surface area contributed by atoms with E-state index >= 15 is 0 Å². The molecule has 0 amide bonds. The zero-order valence-electron chi connectivity index (χ0n) is 17.5. The second-order valence-electron chi connectivity index (χ2n) is 9.28. The summed E-state index contributed by atoms with van der Waals surface area (Å²) >= 11 is 1.62. The first-order valence-electron chi connectivity index (χ1n) is 11.5. The van der Waals surface area contributed by atoms with Crippen LogP contribution in [-0.4, -0.2) is 6.61 Å². The molecule has 0 bridgehead atoms. The van der Waals surface area contributed by atoms with Gasteiger partial charge in [0.15, 0.2) is 11.6 Å². The van der Waals surface area contributed by atoms with Crippen LogP contribution in [-0.2, 0) is 6.42 Å². The Kier molecular flexibility index (Phi) is 6.60. The Balaban J connectivity index is 1.29. The SMILES string of the molecule is CCOc1ccc2cc(CCC3CCC(C4CCC(C)CC4)CC3)sc2c1F. The van der Waals surface area contributed by atoms with Crippen LogP contribution in [0.2, 0.25) is 0 Å². The fraction of sp³-hybridized carbons (Fsp3) is 0.680. The molecule has 2 aliphatic carbocycles. The van der Waals surface area contributed by atoms with Gasteiger partial charge in [-0.1, -0.05) is 32.6 Å². The number of fused-ring (bicyclic) bond motifs is 1. The summed E-state index contributed by atoms with van der Waals surface area (Å²) in [5.74, 6) is 4.05. The molecule has 2 saturated carbocycles. The molecule has 3 heteroatoms. The van der Waals surface area contributed by atoms with Crippen LogP contribution in [0.4, 0.5) is 4.39 Å². The van der Waals surface area contributed by atoms with E-state index in [1.54, 1.807) is 17.4 Å². The molecular weight excluding hydrogens is 367 g/mol. The van der Waals surface area contributed by atoms with Gasteiger partial charge in [-0.05, 0) is 92.7 Å². The number of benzene rings is 1. The molecule has 0 radical (unpaired) electrons. The average Bonchev–Trinajstić information content (AvgIpc) is 3.14. The minimum Gasteiger partial charge on any atom is -0.491 e. The first kappa shape index (κ1) is 20.2. The minimum absolute atomic E-state index is 0.182. The molecule has 1 heterocycles. The summed E-state index contributed by atoms with van der Waals surface area (Å²) in [7, 11) is 0. The predicted molar refractivity (Wildman–Crippen MR) is 118 cm³/mol. The van der Waals surface area contributed by atoms with Crippen LogP contribution in [0.1, 0.15) is 76.5 Å². The van der Waals surface area contributed by atoms with Gasteiger partial charge in [-0.15, -0.1) is 11.3 Å². The third-order valence-corrected chi connectivity index (χ3v) is 8.56. The summed E-state index contributed by atoms with van der Waals surface area (Å²) < 4.78 is 20.8. The van der Waals surface area contributed by atoms with E-state index in [-0.39, 0.29) is 5.82 Å². The van der Waals surface area contributed by atoms with Crippen molar-refractivity contribution in [3.8, 4) is 5.75 Å². The number of aryl methyl sites for hydroxylation is 1. The van der Waals surface area contributed by atoms with Crippen molar-refractivity contribution in [1.82, 2.24) is 0 Å². The van der Waals surface area contributed by atoms with E-state index in [4.69, 9.17) is 4.74 Å². The molecule has 28 heavy (non-hydrogen) atoms. The second-order valence-corrected chi connectivity index (χ2v) is 10.4. The van der Waals surface area contributed by atoms with Gasteiger partial charge in [0.05, 0.1) is 11.3 Å². The third kappa shape index (κ3) is 4.56. The van der Waals surface area contributed by atoms with Crippen molar-refractivity contribution in [2.75, 3.05) is 6.61 Å². The number of thiophene rings is 1. The Morgan fingerprint density at radius 3 is 2.36 bits per heavy atom. The molecule has 0 aliphatic heterocycles. The van der Waals surface area contributed by atoms with Crippen molar-refractivity contribution in [1.29, 1.82) is 0 Å². The maximum atomic E-state index is 14.6. The lowest BCUT2D eigenvalue weighted by molar-refractivity contribution is 0.148. The van der Waals surface area contributed by atoms with Crippen molar-refractivity contribution >= 4 is 21.4 Å². The zero-order chi connectivity index (χ0) is 19.5. The Bertz CT molecular complexity index is 766. The number of rotatable bonds is 6. The number of halogens is 1. The normalized spacial score (nSPS) is 28.5. The van der Waals surface area contributed by atoms with E-state index in [2.05, 4.69) is 13.0 Å². The molecule has 0 spiro atoms.